The molecule has 2 heterocycles. The first kappa shape index (κ1) is 10.6. The molecule has 0 aliphatic carbocycles. The molecule has 1 fully saturated rings. The van der Waals surface area contributed by atoms with Gasteiger partial charge in [-0.3, -0.25) is 14.6 Å². The van der Waals surface area contributed by atoms with Crippen LogP contribution in [0.1, 0.15) is 11.4 Å². The Morgan fingerprint density at radius 3 is 3.00 bits per heavy atom. The van der Waals surface area contributed by atoms with E-state index in [2.05, 4.69) is 10.3 Å². The lowest BCUT2D eigenvalue weighted by Gasteiger charge is -2.26. The van der Waals surface area contributed by atoms with E-state index >= 15 is 0 Å². The molecule has 1 saturated heterocycles. The summed E-state index contributed by atoms with van der Waals surface area (Å²) in [5, 5.41) is 2.51. The average molecular weight is 219 g/mol. The van der Waals surface area contributed by atoms with Crippen LogP contribution in [0.15, 0.2) is 18.2 Å². The van der Waals surface area contributed by atoms with E-state index < -0.39 is 0 Å². The molecular formula is C11H13N3O2. The minimum atomic E-state index is -0.118. The molecule has 5 nitrogen and oxygen atoms in total. The number of nitrogens with one attached hydrogen (secondary N) is 1. The monoisotopic (exact) mass is 219 g/mol. The van der Waals surface area contributed by atoms with Gasteiger partial charge in [0.1, 0.15) is 0 Å². The zero-order valence-corrected chi connectivity index (χ0v) is 9.06. The van der Waals surface area contributed by atoms with Crippen LogP contribution in [0, 0.1) is 6.92 Å². The average Bonchev–Trinajstić information content (AvgIpc) is 2.24. The number of carbonyl (C=O) groups excluding carboxylic acids is 2. The zero-order valence-electron chi connectivity index (χ0n) is 9.06. The molecule has 5 heteroatoms. The lowest BCUT2D eigenvalue weighted by molar-refractivity contribution is -0.141. The van der Waals surface area contributed by atoms with Crippen LogP contribution in [0.25, 0.3) is 0 Å². The highest BCUT2D eigenvalue weighted by molar-refractivity contribution is 5.92. The van der Waals surface area contributed by atoms with Gasteiger partial charge in [-0.1, -0.05) is 6.07 Å². The Balaban J connectivity index is 2.08. The lowest BCUT2D eigenvalue weighted by atomic mass is 10.2. The number of aryl methyl sites for hydroxylation is 1. The number of rotatable bonds is 2. The number of amides is 2. The van der Waals surface area contributed by atoms with Crippen molar-refractivity contribution in [1.29, 1.82) is 0 Å². The highest BCUT2D eigenvalue weighted by Crippen LogP contribution is 2.05. The molecule has 1 aliphatic rings. The van der Waals surface area contributed by atoms with E-state index in [-0.39, 0.29) is 24.9 Å². The van der Waals surface area contributed by atoms with Gasteiger partial charge in [-0.05, 0) is 19.1 Å². The second-order valence-electron chi connectivity index (χ2n) is 3.80. The molecule has 84 valence electrons. The van der Waals surface area contributed by atoms with Crippen LogP contribution in [0.3, 0.4) is 0 Å². The van der Waals surface area contributed by atoms with Gasteiger partial charge in [-0.2, -0.15) is 0 Å². The number of hydrogen-bond donors (Lipinski definition) is 1. The van der Waals surface area contributed by atoms with Gasteiger partial charge < -0.3 is 10.2 Å². The number of piperazine rings is 1. The van der Waals surface area contributed by atoms with Crippen molar-refractivity contribution in [2.75, 3.05) is 13.1 Å². The third-order valence-electron chi connectivity index (χ3n) is 2.42. The quantitative estimate of drug-likeness (QED) is 0.752. The topological polar surface area (TPSA) is 62.3 Å². The fourth-order valence-corrected chi connectivity index (χ4v) is 1.63. The predicted molar refractivity (Wildman–Crippen MR) is 57.4 cm³/mol. The third-order valence-corrected chi connectivity index (χ3v) is 2.42. The summed E-state index contributed by atoms with van der Waals surface area (Å²) < 4.78 is 0. The molecule has 0 unspecified atom stereocenters. The number of pyridine rings is 1. The molecule has 0 spiro atoms. The molecule has 1 aromatic rings. The molecule has 1 aromatic heterocycles. The summed E-state index contributed by atoms with van der Waals surface area (Å²) in [6.07, 6.45) is 0. The normalized spacial score (nSPS) is 16.2. The minimum Gasteiger partial charge on any atom is -0.345 e. The summed E-state index contributed by atoms with van der Waals surface area (Å²) in [5.74, 6) is -0.185. The van der Waals surface area contributed by atoms with Gasteiger partial charge in [0, 0.05) is 5.69 Å². The maximum Gasteiger partial charge on any atom is 0.242 e. The highest BCUT2D eigenvalue weighted by Gasteiger charge is 2.23. The molecule has 0 bridgehead atoms. The first-order valence-electron chi connectivity index (χ1n) is 5.12. The SMILES string of the molecule is Cc1cccc(CN2CC(=O)NCC2=O)n1. The molecule has 0 atom stereocenters. The van der Waals surface area contributed by atoms with Gasteiger partial charge in [0.2, 0.25) is 11.8 Å². The van der Waals surface area contributed by atoms with Crippen molar-refractivity contribution in [1.82, 2.24) is 15.2 Å². The fourth-order valence-electron chi connectivity index (χ4n) is 1.63. The van der Waals surface area contributed by atoms with Crippen LogP contribution in [0.2, 0.25) is 0 Å². The Morgan fingerprint density at radius 1 is 1.44 bits per heavy atom. The van der Waals surface area contributed by atoms with Crippen molar-refractivity contribution in [2.45, 2.75) is 13.5 Å². The first-order valence-corrected chi connectivity index (χ1v) is 5.12. The Morgan fingerprint density at radius 2 is 2.25 bits per heavy atom. The fraction of sp³-hybridized carbons (Fsp3) is 0.364. The Hall–Kier alpha value is -1.91. The second kappa shape index (κ2) is 4.30. The van der Waals surface area contributed by atoms with Crippen LogP contribution in [-0.2, 0) is 16.1 Å². The minimum absolute atomic E-state index is 0.0668. The summed E-state index contributed by atoms with van der Waals surface area (Å²) in [6.45, 7) is 2.50. The second-order valence-corrected chi connectivity index (χ2v) is 3.80. The van der Waals surface area contributed by atoms with Crippen molar-refractivity contribution < 1.29 is 9.59 Å². The van der Waals surface area contributed by atoms with Crippen LogP contribution >= 0.6 is 0 Å². The molecular weight excluding hydrogens is 206 g/mol. The predicted octanol–water partition coefficient (Wildman–Crippen LogP) is -0.152. The Labute approximate surface area is 93.5 Å². The number of carbonyl (C=O) groups is 2. The summed E-state index contributed by atoms with van der Waals surface area (Å²) in [4.78, 5) is 28.5. The van der Waals surface area contributed by atoms with Gasteiger partial charge >= 0.3 is 0 Å². The van der Waals surface area contributed by atoms with Gasteiger partial charge in [0.25, 0.3) is 0 Å². The molecule has 16 heavy (non-hydrogen) atoms. The highest BCUT2D eigenvalue weighted by atomic mass is 16.2. The summed E-state index contributed by atoms with van der Waals surface area (Å²) in [6, 6.07) is 5.65. The number of hydrogen-bond acceptors (Lipinski definition) is 3. The number of nitrogens with zero attached hydrogens (tertiary/aromatic N) is 2. The van der Waals surface area contributed by atoms with E-state index in [1.807, 2.05) is 25.1 Å². The Kier molecular flexibility index (Phi) is 2.85. The molecule has 1 N–H and O–H groups in total. The van der Waals surface area contributed by atoms with E-state index in [1.54, 1.807) is 0 Å². The van der Waals surface area contributed by atoms with E-state index in [1.165, 1.54) is 4.90 Å². The Bertz CT molecular complexity index is 431. The molecule has 2 rings (SSSR count). The zero-order chi connectivity index (χ0) is 11.5. The van der Waals surface area contributed by atoms with Crippen LogP contribution in [0.4, 0.5) is 0 Å². The molecule has 2 amide bonds. The van der Waals surface area contributed by atoms with E-state index in [4.69, 9.17) is 0 Å². The standard InChI is InChI=1S/C11H13N3O2/c1-8-3-2-4-9(13-8)6-14-7-10(15)12-5-11(14)16/h2-4H,5-7H2,1H3,(H,12,15). The largest absolute Gasteiger partial charge is 0.345 e. The molecule has 1 aliphatic heterocycles. The maximum atomic E-state index is 11.5. The van der Waals surface area contributed by atoms with Crippen LogP contribution < -0.4 is 5.32 Å². The van der Waals surface area contributed by atoms with Crippen molar-refractivity contribution in [3.05, 3.63) is 29.6 Å². The maximum absolute atomic E-state index is 11.5. The van der Waals surface area contributed by atoms with Gasteiger partial charge in [-0.25, -0.2) is 0 Å². The van der Waals surface area contributed by atoms with Crippen molar-refractivity contribution in [3.8, 4) is 0 Å². The molecule has 0 aromatic carbocycles. The van der Waals surface area contributed by atoms with Gasteiger partial charge in [0.05, 0.1) is 25.3 Å². The summed E-state index contributed by atoms with van der Waals surface area (Å²) >= 11 is 0. The summed E-state index contributed by atoms with van der Waals surface area (Å²) in [5.41, 5.74) is 1.72. The van der Waals surface area contributed by atoms with E-state index in [9.17, 15) is 9.59 Å². The van der Waals surface area contributed by atoms with E-state index in [0.29, 0.717) is 6.54 Å². The van der Waals surface area contributed by atoms with Crippen LogP contribution in [0.5, 0.6) is 0 Å². The third kappa shape index (κ3) is 2.36. The first-order chi connectivity index (χ1) is 7.65. The summed E-state index contributed by atoms with van der Waals surface area (Å²) in [7, 11) is 0. The van der Waals surface area contributed by atoms with Crippen LogP contribution in [-0.4, -0.2) is 34.8 Å². The van der Waals surface area contributed by atoms with E-state index in [0.717, 1.165) is 11.4 Å². The smallest absolute Gasteiger partial charge is 0.242 e. The van der Waals surface area contributed by atoms with Gasteiger partial charge in [0.15, 0.2) is 0 Å². The molecule has 0 saturated carbocycles. The lowest BCUT2D eigenvalue weighted by Crippen LogP contribution is -2.51. The molecule has 0 radical (unpaired) electrons. The van der Waals surface area contributed by atoms with Crippen molar-refractivity contribution in [3.63, 3.8) is 0 Å². The van der Waals surface area contributed by atoms with Gasteiger partial charge in [-0.15, -0.1) is 0 Å². The van der Waals surface area contributed by atoms with Crippen molar-refractivity contribution >= 4 is 11.8 Å². The number of aromatic nitrogens is 1. The van der Waals surface area contributed by atoms with Crippen molar-refractivity contribution in [2.24, 2.45) is 0 Å².